The van der Waals surface area contributed by atoms with Crippen molar-refractivity contribution in [3.8, 4) is 16.3 Å². The van der Waals surface area contributed by atoms with Gasteiger partial charge in [0.15, 0.2) is 0 Å². The largest absolute Gasteiger partial charge is 0.495 e. The topological polar surface area (TPSA) is 68.3 Å². The molecule has 1 N–H and O–H groups in total. The van der Waals surface area contributed by atoms with Crippen LogP contribution in [-0.4, -0.2) is 20.5 Å². The highest BCUT2D eigenvalue weighted by Crippen LogP contribution is 2.34. The third-order valence-corrected chi connectivity index (χ3v) is 7.41. The van der Waals surface area contributed by atoms with Crippen molar-refractivity contribution in [1.82, 2.24) is 4.98 Å². The first-order valence-corrected chi connectivity index (χ1v) is 11.2. The summed E-state index contributed by atoms with van der Waals surface area (Å²) >= 11 is 2.70. The lowest BCUT2D eigenvalue weighted by Crippen LogP contribution is -2.12. The van der Waals surface area contributed by atoms with Gasteiger partial charge in [0.05, 0.1) is 18.5 Å². The number of methoxy groups -OCH3 is 1. The Bertz CT molecular complexity index is 1010. The number of hydrogen-bond donors (Lipinski definition) is 1. The van der Waals surface area contributed by atoms with Crippen LogP contribution >= 0.6 is 22.7 Å². The molecule has 0 unspecified atom stereocenters. The molecule has 0 saturated heterocycles. The number of ether oxygens (including phenoxy) is 1. The molecule has 3 aromatic rings. The van der Waals surface area contributed by atoms with Gasteiger partial charge in [0.2, 0.25) is 0 Å². The Morgan fingerprint density at radius 3 is 2.50 bits per heavy atom. The zero-order valence-corrected chi connectivity index (χ0v) is 17.4. The van der Waals surface area contributed by atoms with Crippen molar-refractivity contribution in [1.29, 1.82) is 0 Å². The number of thiophene rings is 1. The fourth-order valence-corrected chi connectivity index (χ4v) is 5.59. The molecular weight excluding hydrogens is 388 g/mol. The first kappa shape index (κ1) is 18.9. The average molecular weight is 409 g/mol. The van der Waals surface area contributed by atoms with E-state index in [-0.39, 0.29) is 9.62 Å². The number of anilines is 1. The SMILES string of the molecule is COc1ccccc1NS(=O)(=O)c1cc(-c2nc(C(C)(C)C)cs2)cs1. The molecule has 0 spiro atoms. The molecule has 0 bridgehead atoms. The fraction of sp³-hybridized carbons (Fsp3) is 0.278. The third-order valence-electron chi connectivity index (χ3n) is 3.71. The van der Waals surface area contributed by atoms with Gasteiger partial charge in [-0.15, -0.1) is 22.7 Å². The van der Waals surface area contributed by atoms with Gasteiger partial charge in [-0.1, -0.05) is 32.9 Å². The Balaban J connectivity index is 1.88. The van der Waals surface area contributed by atoms with E-state index in [1.165, 1.54) is 29.8 Å². The van der Waals surface area contributed by atoms with Gasteiger partial charge in [0.1, 0.15) is 15.0 Å². The summed E-state index contributed by atoms with van der Waals surface area (Å²) in [5.41, 5.74) is 2.19. The lowest BCUT2D eigenvalue weighted by Gasteiger charge is -2.14. The highest BCUT2D eigenvalue weighted by atomic mass is 32.2. The molecule has 0 aliphatic carbocycles. The van der Waals surface area contributed by atoms with Crippen molar-refractivity contribution in [2.24, 2.45) is 0 Å². The minimum atomic E-state index is -3.69. The molecule has 0 atom stereocenters. The van der Waals surface area contributed by atoms with Crippen molar-refractivity contribution < 1.29 is 13.2 Å². The average Bonchev–Trinajstić information content (AvgIpc) is 3.24. The van der Waals surface area contributed by atoms with E-state index in [1.807, 2.05) is 10.8 Å². The molecule has 0 amide bonds. The molecule has 0 fully saturated rings. The summed E-state index contributed by atoms with van der Waals surface area (Å²) in [6.45, 7) is 6.31. The molecular formula is C18H20N2O3S3. The molecule has 0 radical (unpaired) electrons. The first-order valence-electron chi connectivity index (χ1n) is 7.91. The van der Waals surface area contributed by atoms with Gasteiger partial charge >= 0.3 is 0 Å². The molecule has 138 valence electrons. The molecule has 2 aromatic heterocycles. The van der Waals surface area contributed by atoms with Crippen molar-refractivity contribution in [3.05, 3.63) is 46.8 Å². The van der Waals surface area contributed by atoms with Crippen LogP contribution in [0.5, 0.6) is 5.75 Å². The van der Waals surface area contributed by atoms with E-state index in [2.05, 4.69) is 30.5 Å². The summed E-state index contributed by atoms with van der Waals surface area (Å²) in [6.07, 6.45) is 0. The van der Waals surface area contributed by atoms with E-state index >= 15 is 0 Å². The minimum Gasteiger partial charge on any atom is -0.495 e. The van der Waals surface area contributed by atoms with Crippen LogP contribution in [0.1, 0.15) is 26.5 Å². The molecule has 5 nitrogen and oxygen atoms in total. The van der Waals surface area contributed by atoms with E-state index < -0.39 is 10.0 Å². The summed E-state index contributed by atoms with van der Waals surface area (Å²) in [7, 11) is -2.18. The Morgan fingerprint density at radius 2 is 1.85 bits per heavy atom. The van der Waals surface area contributed by atoms with Crippen molar-refractivity contribution in [2.45, 2.75) is 30.4 Å². The van der Waals surface area contributed by atoms with E-state index in [9.17, 15) is 8.42 Å². The van der Waals surface area contributed by atoms with Gasteiger partial charge in [-0.3, -0.25) is 4.72 Å². The smallest absolute Gasteiger partial charge is 0.271 e. The van der Waals surface area contributed by atoms with Gasteiger partial charge in [-0.2, -0.15) is 0 Å². The van der Waals surface area contributed by atoms with Crippen molar-refractivity contribution >= 4 is 38.4 Å². The van der Waals surface area contributed by atoms with Crippen LogP contribution in [0.25, 0.3) is 10.6 Å². The van der Waals surface area contributed by atoms with Crippen LogP contribution in [0, 0.1) is 0 Å². The standard InChI is InChI=1S/C18H20N2O3S3/c1-18(2,3)15-11-25-17(19-15)12-9-16(24-10-12)26(21,22)20-13-7-5-6-8-14(13)23-4/h5-11,20H,1-4H3. The van der Waals surface area contributed by atoms with E-state index in [1.54, 1.807) is 30.3 Å². The molecule has 8 heteroatoms. The number of sulfonamides is 1. The quantitative estimate of drug-likeness (QED) is 0.646. The monoisotopic (exact) mass is 408 g/mol. The normalized spacial score (nSPS) is 12.2. The Kier molecular flexibility index (Phi) is 5.09. The molecule has 3 rings (SSSR count). The minimum absolute atomic E-state index is 0.0366. The zero-order chi connectivity index (χ0) is 18.9. The first-order chi connectivity index (χ1) is 12.2. The maximum atomic E-state index is 12.7. The Labute approximate surface area is 161 Å². The van der Waals surface area contributed by atoms with E-state index in [0.717, 1.165) is 16.3 Å². The van der Waals surface area contributed by atoms with Crippen LogP contribution in [0.3, 0.4) is 0 Å². The van der Waals surface area contributed by atoms with Crippen LogP contribution in [0.4, 0.5) is 5.69 Å². The summed E-state index contributed by atoms with van der Waals surface area (Å²) in [4.78, 5) is 4.65. The fourth-order valence-electron chi connectivity index (χ4n) is 2.24. The molecule has 26 heavy (non-hydrogen) atoms. The van der Waals surface area contributed by atoms with Crippen molar-refractivity contribution in [3.63, 3.8) is 0 Å². The molecule has 0 aliphatic heterocycles. The van der Waals surface area contributed by atoms with Crippen LogP contribution < -0.4 is 9.46 Å². The number of para-hydroxylation sites is 2. The van der Waals surface area contributed by atoms with Crippen LogP contribution in [0.15, 0.2) is 45.3 Å². The predicted octanol–water partition coefficient (Wildman–Crippen LogP) is 4.98. The predicted molar refractivity (Wildman–Crippen MR) is 108 cm³/mol. The lowest BCUT2D eigenvalue weighted by molar-refractivity contribution is 0.417. The van der Waals surface area contributed by atoms with E-state index in [0.29, 0.717) is 11.4 Å². The van der Waals surface area contributed by atoms with Gasteiger partial charge in [0, 0.05) is 21.7 Å². The highest BCUT2D eigenvalue weighted by Gasteiger charge is 2.22. The zero-order valence-electron chi connectivity index (χ0n) is 14.9. The summed E-state index contributed by atoms with van der Waals surface area (Å²) in [6, 6.07) is 8.58. The van der Waals surface area contributed by atoms with Gasteiger partial charge < -0.3 is 4.74 Å². The number of rotatable bonds is 5. The second kappa shape index (κ2) is 7.02. The second-order valence-electron chi connectivity index (χ2n) is 6.75. The molecule has 0 saturated carbocycles. The number of nitrogens with one attached hydrogen (secondary N) is 1. The highest BCUT2D eigenvalue weighted by molar-refractivity contribution is 7.94. The second-order valence-corrected chi connectivity index (χ2v) is 10.4. The summed E-state index contributed by atoms with van der Waals surface area (Å²) in [5, 5.41) is 4.67. The molecule has 1 aromatic carbocycles. The molecule has 0 aliphatic rings. The number of nitrogens with zero attached hydrogens (tertiary/aromatic N) is 1. The van der Waals surface area contributed by atoms with Gasteiger partial charge in [0.25, 0.3) is 10.0 Å². The maximum Gasteiger partial charge on any atom is 0.271 e. The maximum absolute atomic E-state index is 12.7. The third kappa shape index (κ3) is 3.92. The van der Waals surface area contributed by atoms with Gasteiger partial charge in [-0.25, -0.2) is 13.4 Å². The Hall–Kier alpha value is -1.90. The van der Waals surface area contributed by atoms with Crippen molar-refractivity contribution in [2.75, 3.05) is 11.8 Å². The van der Waals surface area contributed by atoms with Gasteiger partial charge in [-0.05, 0) is 18.2 Å². The van der Waals surface area contributed by atoms with Crippen LogP contribution in [0.2, 0.25) is 0 Å². The number of hydrogen-bond acceptors (Lipinski definition) is 6. The Morgan fingerprint density at radius 1 is 1.12 bits per heavy atom. The summed E-state index contributed by atoms with van der Waals surface area (Å²) in [5.74, 6) is 0.475. The summed E-state index contributed by atoms with van der Waals surface area (Å²) < 4.78 is 33.4. The van der Waals surface area contributed by atoms with Crippen LogP contribution in [-0.2, 0) is 15.4 Å². The lowest BCUT2D eigenvalue weighted by atomic mass is 9.93. The van der Waals surface area contributed by atoms with E-state index in [4.69, 9.17) is 4.74 Å². The molecule has 2 heterocycles. The number of aromatic nitrogens is 1. The number of thiazole rings is 1. The number of benzene rings is 1.